The number of primary amides is 1. The van der Waals surface area contributed by atoms with Crippen LogP contribution in [0.15, 0.2) is 23.3 Å². The lowest BCUT2D eigenvalue weighted by molar-refractivity contribution is 0.100. The van der Waals surface area contributed by atoms with Crippen molar-refractivity contribution in [2.24, 2.45) is 10.8 Å². The summed E-state index contributed by atoms with van der Waals surface area (Å²) in [5.41, 5.74) is 13.8. The summed E-state index contributed by atoms with van der Waals surface area (Å²) >= 11 is 0. The van der Waals surface area contributed by atoms with Gasteiger partial charge < -0.3 is 10.6 Å². The molecule has 5 nitrogen and oxygen atoms in total. The van der Waals surface area contributed by atoms with Crippen molar-refractivity contribution >= 4 is 17.3 Å². The summed E-state index contributed by atoms with van der Waals surface area (Å²) in [7, 11) is 1.97. The number of anilines is 1. The third-order valence-corrected chi connectivity index (χ3v) is 2.66. The molecule has 0 aliphatic rings. The van der Waals surface area contributed by atoms with Gasteiger partial charge in [-0.05, 0) is 24.6 Å². The number of unbranched alkanes of at least 4 members (excludes halogenated alkanes) is 1. The molecule has 5 heteroatoms. The number of nitrogens with one attached hydrogen (secondary N) is 1. The smallest absolute Gasteiger partial charge is 0.250 e. The molecule has 1 amide bonds. The maximum atomic E-state index is 11.1. The van der Waals surface area contributed by atoms with E-state index in [1.807, 2.05) is 13.1 Å². The lowest BCUT2D eigenvalue weighted by Crippen LogP contribution is -2.18. The van der Waals surface area contributed by atoms with Crippen LogP contribution in [0.5, 0.6) is 0 Å². The Kier molecular flexibility index (Phi) is 4.63. The summed E-state index contributed by atoms with van der Waals surface area (Å²) in [5, 5.41) is 3.34. The Bertz CT molecular complexity index is 417. The molecular weight excluding hydrogens is 216 g/mol. The van der Waals surface area contributed by atoms with Gasteiger partial charge >= 0.3 is 0 Å². The molecule has 0 saturated heterocycles. The minimum Gasteiger partial charge on any atom is -0.375 e. The van der Waals surface area contributed by atoms with Crippen LogP contribution in [-0.4, -0.2) is 19.5 Å². The molecule has 0 aliphatic carbocycles. The quantitative estimate of drug-likeness (QED) is 0.742. The van der Waals surface area contributed by atoms with E-state index in [1.54, 1.807) is 12.1 Å². The molecule has 0 radical (unpaired) electrons. The van der Waals surface area contributed by atoms with Crippen LogP contribution < -0.4 is 10.6 Å². The lowest BCUT2D eigenvalue weighted by Gasteiger charge is -2.19. The molecule has 0 heterocycles. The zero-order valence-electron chi connectivity index (χ0n) is 10.2. The van der Waals surface area contributed by atoms with Crippen LogP contribution >= 0.6 is 0 Å². The van der Waals surface area contributed by atoms with Gasteiger partial charge in [0.15, 0.2) is 0 Å². The van der Waals surface area contributed by atoms with E-state index < -0.39 is 5.91 Å². The molecule has 0 spiro atoms. The van der Waals surface area contributed by atoms with E-state index in [0.29, 0.717) is 5.69 Å². The Morgan fingerprint density at radius 2 is 2.24 bits per heavy atom. The van der Waals surface area contributed by atoms with E-state index in [0.717, 1.165) is 25.1 Å². The van der Waals surface area contributed by atoms with E-state index in [9.17, 15) is 4.79 Å². The fourth-order valence-electron chi connectivity index (χ4n) is 1.58. The second kappa shape index (κ2) is 5.98. The zero-order valence-corrected chi connectivity index (χ0v) is 10.2. The summed E-state index contributed by atoms with van der Waals surface area (Å²) in [6, 6.07) is 5.15. The average molecular weight is 234 g/mol. The van der Waals surface area contributed by atoms with Crippen molar-refractivity contribution in [1.82, 2.24) is 0 Å². The number of benzene rings is 1. The normalized spacial score (nSPS) is 10.0. The molecule has 0 saturated carbocycles. The number of hydrogen-bond acceptors (Lipinski definition) is 4. The van der Waals surface area contributed by atoms with Crippen LogP contribution in [0.1, 0.15) is 30.1 Å². The number of hydrogen-bond donors (Lipinski definition) is 2. The molecule has 0 atom stereocenters. The molecule has 1 aromatic carbocycles. The Morgan fingerprint density at radius 3 is 2.76 bits per heavy atom. The Hall–Kier alpha value is -1.91. The minimum atomic E-state index is -0.557. The van der Waals surface area contributed by atoms with Crippen LogP contribution in [-0.2, 0) is 0 Å². The van der Waals surface area contributed by atoms with Crippen molar-refractivity contribution in [1.29, 1.82) is 5.53 Å². The standard InChI is InChI=1S/C12H18N4O/c1-3-4-7-16(2)9-5-6-10(12(13)17)11(8-9)15-14/h5-6,8,14H,3-4,7H2,1-2H3,(H2,13,17). The number of nitrogens with two attached hydrogens (primary N) is 1. The fraction of sp³-hybridized carbons (Fsp3) is 0.417. The average Bonchev–Trinajstić information content (AvgIpc) is 2.34. The van der Waals surface area contributed by atoms with E-state index in [4.69, 9.17) is 11.3 Å². The summed E-state index contributed by atoms with van der Waals surface area (Å²) in [4.78, 5) is 13.2. The van der Waals surface area contributed by atoms with Crippen LogP contribution in [0.4, 0.5) is 11.4 Å². The third kappa shape index (κ3) is 3.27. The maximum Gasteiger partial charge on any atom is 0.250 e. The summed E-state index contributed by atoms with van der Waals surface area (Å²) < 4.78 is 0. The van der Waals surface area contributed by atoms with E-state index >= 15 is 0 Å². The van der Waals surface area contributed by atoms with Crippen molar-refractivity contribution in [3.8, 4) is 0 Å². The molecule has 1 aromatic rings. The zero-order chi connectivity index (χ0) is 12.8. The van der Waals surface area contributed by atoms with Gasteiger partial charge in [0.05, 0.1) is 11.3 Å². The number of nitrogens with zero attached hydrogens (tertiary/aromatic N) is 2. The van der Waals surface area contributed by atoms with Gasteiger partial charge in [-0.15, -0.1) is 0 Å². The molecule has 92 valence electrons. The number of carbonyl (C=O) groups excluding carboxylic acids is 1. The highest BCUT2D eigenvalue weighted by Crippen LogP contribution is 2.25. The Morgan fingerprint density at radius 1 is 1.53 bits per heavy atom. The summed E-state index contributed by atoms with van der Waals surface area (Å²) in [5.74, 6) is -0.557. The molecule has 1 rings (SSSR count). The van der Waals surface area contributed by atoms with Gasteiger partial charge in [-0.25, -0.2) is 5.53 Å². The number of rotatable bonds is 6. The van der Waals surface area contributed by atoms with Gasteiger partial charge in [-0.3, -0.25) is 4.79 Å². The maximum absolute atomic E-state index is 11.1. The van der Waals surface area contributed by atoms with Gasteiger partial charge in [0.2, 0.25) is 0 Å². The predicted molar refractivity (Wildman–Crippen MR) is 67.9 cm³/mol. The highest BCUT2D eigenvalue weighted by molar-refractivity contribution is 5.98. The molecule has 17 heavy (non-hydrogen) atoms. The first-order chi connectivity index (χ1) is 8.10. The van der Waals surface area contributed by atoms with Gasteiger partial charge in [-0.1, -0.05) is 13.3 Å². The number of amides is 1. The second-order valence-electron chi connectivity index (χ2n) is 3.95. The van der Waals surface area contributed by atoms with Crippen molar-refractivity contribution in [2.75, 3.05) is 18.5 Å². The van der Waals surface area contributed by atoms with Crippen molar-refractivity contribution in [3.05, 3.63) is 23.8 Å². The summed E-state index contributed by atoms with van der Waals surface area (Å²) in [6.45, 7) is 3.07. The largest absolute Gasteiger partial charge is 0.375 e. The van der Waals surface area contributed by atoms with E-state index in [2.05, 4.69) is 16.9 Å². The van der Waals surface area contributed by atoms with Gasteiger partial charge in [0, 0.05) is 19.3 Å². The molecule has 0 fully saturated rings. The molecular formula is C12H18N4O. The molecule has 3 N–H and O–H groups in total. The molecule has 0 aromatic heterocycles. The van der Waals surface area contributed by atoms with Crippen molar-refractivity contribution < 1.29 is 4.79 Å². The fourth-order valence-corrected chi connectivity index (χ4v) is 1.58. The molecule has 0 aliphatic heterocycles. The monoisotopic (exact) mass is 234 g/mol. The number of carbonyl (C=O) groups is 1. The van der Waals surface area contributed by atoms with Gasteiger partial charge in [0.1, 0.15) is 0 Å². The van der Waals surface area contributed by atoms with Gasteiger partial charge in [0.25, 0.3) is 5.91 Å². The van der Waals surface area contributed by atoms with Crippen LogP contribution in [0.3, 0.4) is 0 Å². The first-order valence-corrected chi connectivity index (χ1v) is 5.62. The van der Waals surface area contributed by atoms with Crippen molar-refractivity contribution in [3.63, 3.8) is 0 Å². The van der Waals surface area contributed by atoms with Crippen molar-refractivity contribution in [2.45, 2.75) is 19.8 Å². The second-order valence-corrected chi connectivity index (χ2v) is 3.95. The first kappa shape index (κ1) is 13.2. The predicted octanol–water partition coefficient (Wildman–Crippen LogP) is 2.68. The highest BCUT2D eigenvalue weighted by Gasteiger charge is 2.10. The van der Waals surface area contributed by atoms with Gasteiger partial charge in [-0.2, -0.15) is 5.11 Å². The van der Waals surface area contributed by atoms with E-state index in [1.165, 1.54) is 0 Å². The SMILES string of the molecule is CCCCN(C)c1ccc(C(N)=O)c(N=N)c1. The molecule has 0 unspecified atom stereocenters. The highest BCUT2D eigenvalue weighted by atomic mass is 16.1. The Labute approximate surface area is 101 Å². The topological polar surface area (TPSA) is 82.5 Å². The van der Waals surface area contributed by atoms with Crippen LogP contribution in [0.2, 0.25) is 0 Å². The van der Waals surface area contributed by atoms with Crippen LogP contribution in [0.25, 0.3) is 0 Å². The van der Waals surface area contributed by atoms with Crippen LogP contribution in [0, 0.1) is 5.53 Å². The Balaban J connectivity index is 2.96. The minimum absolute atomic E-state index is 0.285. The third-order valence-electron chi connectivity index (χ3n) is 2.66. The van der Waals surface area contributed by atoms with E-state index in [-0.39, 0.29) is 5.56 Å². The first-order valence-electron chi connectivity index (χ1n) is 5.62. The summed E-state index contributed by atoms with van der Waals surface area (Å²) in [6.07, 6.45) is 2.22. The molecule has 0 bridgehead atoms. The lowest BCUT2D eigenvalue weighted by atomic mass is 10.1.